The molecule has 2 heterocycles. The van der Waals surface area contributed by atoms with Crippen LogP contribution in [0.4, 0.5) is 0 Å². The second kappa shape index (κ2) is 3.14. The molecule has 0 aliphatic carbocycles. The largest absolute Gasteiger partial charge is 0.448 e. The predicted octanol–water partition coefficient (Wildman–Crippen LogP) is 0.650. The zero-order valence-corrected chi connectivity index (χ0v) is 7.74. The van der Waals surface area contributed by atoms with Crippen LogP contribution in [0.1, 0.15) is 11.5 Å². The highest BCUT2D eigenvalue weighted by molar-refractivity contribution is 7.06. The molecule has 0 saturated heterocycles. The van der Waals surface area contributed by atoms with Crippen LogP contribution in [0, 0.1) is 6.92 Å². The molecule has 68 valence electrons. The average molecular weight is 197 g/mol. The smallest absolute Gasteiger partial charge is 0.325 e. The van der Waals surface area contributed by atoms with Crippen molar-refractivity contribution in [3.05, 3.63) is 33.0 Å². The quantitative estimate of drug-likeness (QED) is 0.709. The zero-order chi connectivity index (χ0) is 9.26. The topological polar surface area (TPSA) is 60.9 Å². The maximum atomic E-state index is 11.1. The lowest BCUT2D eigenvalue weighted by Gasteiger charge is -1.94. The molecule has 2 aromatic heterocycles. The van der Waals surface area contributed by atoms with Crippen LogP contribution in [-0.2, 0) is 6.54 Å². The first-order chi connectivity index (χ1) is 6.27. The summed E-state index contributed by atoms with van der Waals surface area (Å²) in [5, 5.41) is 3.87. The molecule has 0 unspecified atom stereocenters. The van der Waals surface area contributed by atoms with E-state index in [1.807, 2.05) is 0 Å². The summed E-state index contributed by atoms with van der Waals surface area (Å²) < 4.78 is 6.36. The van der Waals surface area contributed by atoms with Crippen LogP contribution < -0.4 is 4.87 Å². The van der Waals surface area contributed by atoms with Crippen LogP contribution >= 0.6 is 11.3 Å². The Morgan fingerprint density at radius 3 is 3.08 bits per heavy atom. The number of aromatic nitrogens is 3. The van der Waals surface area contributed by atoms with Gasteiger partial charge in [0.05, 0.1) is 6.54 Å². The van der Waals surface area contributed by atoms with Crippen molar-refractivity contribution in [2.24, 2.45) is 0 Å². The van der Waals surface area contributed by atoms with Crippen molar-refractivity contribution < 1.29 is 4.42 Å². The minimum Gasteiger partial charge on any atom is -0.448 e. The summed E-state index contributed by atoms with van der Waals surface area (Å²) in [6.45, 7) is 2.18. The normalized spacial score (nSPS) is 10.5. The third kappa shape index (κ3) is 1.52. The number of rotatable bonds is 2. The molecule has 0 radical (unpaired) electrons. The van der Waals surface area contributed by atoms with Crippen molar-refractivity contribution in [3.63, 3.8) is 0 Å². The van der Waals surface area contributed by atoms with Crippen molar-refractivity contribution in [1.29, 1.82) is 0 Å². The fourth-order valence-corrected chi connectivity index (χ4v) is 1.45. The Bertz CT molecular complexity index is 456. The fourth-order valence-electron chi connectivity index (χ4n) is 0.961. The summed E-state index contributed by atoms with van der Waals surface area (Å²) in [5.41, 5.74) is 2.26. The number of hydrogen-bond donors (Lipinski definition) is 0. The summed E-state index contributed by atoms with van der Waals surface area (Å²) in [6.07, 6.45) is 1.36. The van der Waals surface area contributed by atoms with Gasteiger partial charge < -0.3 is 4.42 Å². The summed E-state index contributed by atoms with van der Waals surface area (Å²) in [7, 11) is 0. The molecular formula is C7H7N3O2S. The Labute approximate surface area is 77.7 Å². The molecule has 0 spiro atoms. The van der Waals surface area contributed by atoms with Gasteiger partial charge in [-0.1, -0.05) is 11.3 Å². The van der Waals surface area contributed by atoms with E-state index in [2.05, 4.69) is 10.1 Å². The van der Waals surface area contributed by atoms with Gasteiger partial charge in [0.2, 0.25) is 0 Å². The van der Waals surface area contributed by atoms with Gasteiger partial charge in [0.15, 0.2) is 6.39 Å². The van der Waals surface area contributed by atoms with Crippen LogP contribution in [0.15, 0.2) is 21.1 Å². The van der Waals surface area contributed by atoms with Gasteiger partial charge in [0.1, 0.15) is 17.0 Å². The van der Waals surface area contributed by atoms with E-state index in [9.17, 15) is 4.79 Å². The highest BCUT2D eigenvalue weighted by Crippen LogP contribution is 2.04. The first-order valence-corrected chi connectivity index (χ1v) is 4.55. The zero-order valence-electron chi connectivity index (χ0n) is 6.93. The third-order valence-electron chi connectivity index (χ3n) is 1.69. The molecule has 0 fully saturated rings. The van der Waals surface area contributed by atoms with Crippen molar-refractivity contribution in [3.8, 4) is 0 Å². The molecule has 6 heteroatoms. The molecule has 0 aromatic carbocycles. The molecule has 5 nitrogen and oxygen atoms in total. The second-order valence-corrected chi connectivity index (χ2v) is 3.31. The monoisotopic (exact) mass is 197 g/mol. The van der Waals surface area contributed by atoms with Crippen LogP contribution in [-0.4, -0.2) is 14.8 Å². The summed E-state index contributed by atoms with van der Waals surface area (Å²) in [4.78, 5) is 15.0. The SMILES string of the molecule is Cc1ocnc1Cn1ncsc1=O. The second-order valence-electron chi connectivity index (χ2n) is 2.52. The Morgan fingerprint density at radius 2 is 2.54 bits per heavy atom. The first kappa shape index (κ1) is 8.18. The highest BCUT2D eigenvalue weighted by atomic mass is 32.1. The van der Waals surface area contributed by atoms with Gasteiger partial charge in [0.25, 0.3) is 0 Å². The van der Waals surface area contributed by atoms with Crippen molar-refractivity contribution in [2.45, 2.75) is 13.5 Å². The van der Waals surface area contributed by atoms with E-state index in [-0.39, 0.29) is 4.87 Å². The molecule has 0 aliphatic rings. The number of oxazole rings is 1. The number of aryl methyl sites for hydroxylation is 1. The third-order valence-corrected chi connectivity index (χ3v) is 2.31. The van der Waals surface area contributed by atoms with Gasteiger partial charge in [-0.15, -0.1) is 0 Å². The lowest BCUT2D eigenvalue weighted by Crippen LogP contribution is -2.16. The van der Waals surface area contributed by atoms with Crippen LogP contribution in [0.2, 0.25) is 0 Å². The summed E-state index contributed by atoms with van der Waals surface area (Å²) in [5.74, 6) is 0.722. The summed E-state index contributed by atoms with van der Waals surface area (Å²) in [6, 6.07) is 0. The average Bonchev–Trinajstić information content (AvgIpc) is 2.65. The Morgan fingerprint density at radius 1 is 1.69 bits per heavy atom. The fraction of sp³-hybridized carbons (Fsp3) is 0.286. The molecule has 0 aliphatic heterocycles. The van der Waals surface area contributed by atoms with E-state index in [0.717, 1.165) is 22.8 Å². The van der Waals surface area contributed by atoms with Crippen LogP contribution in [0.3, 0.4) is 0 Å². The molecule has 0 bridgehead atoms. The Hall–Kier alpha value is -1.43. The van der Waals surface area contributed by atoms with Gasteiger partial charge in [-0.25, -0.2) is 9.67 Å². The number of nitrogens with zero attached hydrogens (tertiary/aromatic N) is 3. The minimum atomic E-state index is -0.0811. The van der Waals surface area contributed by atoms with Gasteiger partial charge in [0, 0.05) is 0 Å². The standard InChI is InChI=1S/C7H7N3O2S/c1-5-6(8-3-12-5)2-10-7(11)13-4-9-10/h3-4H,2H2,1H3. The Kier molecular flexibility index (Phi) is 1.97. The maximum absolute atomic E-state index is 11.1. The molecule has 0 N–H and O–H groups in total. The minimum absolute atomic E-state index is 0.0811. The lowest BCUT2D eigenvalue weighted by molar-refractivity contribution is 0.521. The van der Waals surface area contributed by atoms with Crippen molar-refractivity contribution >= 4 is 11.3 Å². The molecular weight excluding hydrogens is 190 g/mol. The highest BCUT2D eigenvalue weighted by Gasteiger charge is 2.06. The van der Waals surface area contributed by atoms with Crippen molar-refractivity contribution in [1.82, 2.24) is 14.8 Å². The summed E-state index contributed by atoms with van der Waals surface area (Å²) >= 11 is 1.07. The van der Waals surface area contributed by atoms with E-state index < -0.39 is 0 Å². The molecule has 2 rings (SSSR count). The molecule has 0 saturated carbocycles. The molecule has 2 aromatic rings. The van der Waals surface area contributed by atoms with E-state index in [4.69, 9.17) is 4.42 Å². The van der Waals surface area contributed by atoms with Crippen molar-refractivity contribution in [2.75, 3.05) is 0 Å². The van der Waals surface area contributed by atoms with E-state index in [0.29, 0.717) is 6.54 Å². The number of hydrogen-bond acceptors (Lipinski definition) is 5. The van der Waals surface area contributed by atoms with Gasteiger partial charge in [-0.05, 0) is 6.92 Å². The van der Waals surface area contributed by atoms with Gasteiger partial charge in [-0.3, -0.25) is 4.79 Å². The van der Waals surface area contributed by atoms with Gasteiger partial charge >= 0.3 is 4.87 Å². The Balaban J connectivity index is 2.29. The lowest BCUT2D eigenvalue weighted by atomic mass is 10.4. The predicted molar refractivity (Wildman–Crippen MR) is 46.7 cm³/mol. The van der Waals surface area contributed by atoms with E-state index in [1.165, 1.54) is 16.6 Å². The van der Waals surface area contributed by atoms with E-state index >= 15 is 0 Å². The van der Waals surface area contributed by atoms with E-state index in [1.54, 1.807) is 6.92 Å². The first-order valence-electron chi connectivity index (χ1n) is 3.67. The van der Waals surface area contributed by atoms with Gasteiger partial charge in [-0.2, -0.15) is 5.10 Å². The maximum Gasteiger partial charge on any atom is 0.325 e. The molecule has 13 heavy (non-hydrogen) atoms. The molecule has 0 amide bonds. The van der Waals surface area contributed by atoms with Crippen LogP contribution in [0.25, 0.3) is 0 Å². The molecule has 0 atom stereocenters. The van der Waals surface area contributed by atoms with Crippen LogP contribution in [0.5, 0.6) is 0 Å².